The molecule has 3 atom stereocenters. The van der Waals surface area contributed by atoms with Crippen molar-refractivity contribution in [1.82, 2.24) is 0 Å². The highest BCUT2D eigenvalue weighted by Crippen LogP contribution is 2.44. The molecule has 1 aliphatic rings. The standard InChI is InChI=1S/C49H54O4Si/c1-38-22-21-33-46(53-49(40-23-11-6-12-24-40,41-25-13-7-14-26-41)42-27-15-8-16-28-42)47(52-43(34-38)35-39(2)36-50)37-51-54(48(3,4)5,44-29-17-9-18-30-44)45-31-19-10-20-32-45/h6-20,22-32,35-36,43,46-47H,21,33-34,37H2,1-5H3/b38-22+,39-35+/t43-,46-,47-/m1/s1. The van der Waals surface area contributed by atoms with Crippen LogP contribution in [0.5, 0.6) is 0 Å². The second-order valence-electron chi connectivity index (χ2n) is 15.5. The Morgan fingerprint density at radius 1 is 0.722 bits per heavy atom. The van der Waals surface area contributed by atoms with E-state index >= 15 is 0 Å². The molecule has 5 heteroatoms. The minimum Gasteiger partial charge on any atom is -0.405 e. The molecule has 4 nitrogen and oxygen atoms in total. The molecule has 0 radical (unpaired) electrons. The molecule has 1 heterocycles. The lowest BCUT2D eigenvalue weighted by Crippen LogP contribution is -2.67. The highest BCUT2D eigenvalue weighted by Gasteiger charge is 2.51. The number of carbonyl (C=O) groups excluding carboxylic acids is 1. The minimum atomic E-state index is -2.95. The molecule has 0 unspecified atom stereocenters. The quantitative estimate of drug-likeness (QED) is 0.0421. The Bertz CT molecular complexity index is 1830. The van der Waals surface area contributed by atoms with Gasteiger partial charge in [0.25, 0.3) is 8.32 Å². The molecule has 0 aliphatic carbocycles. The van der Waals surface area contributed by atoms with Crippen LogP contribution in [-0.2, 0) is 24.3 Å². The lowest BCUT2D eigenvalue weighted by Gasteiger charge is -2.45. The summed E-state index contributed by atoms with van der Waals surface area (Å²) in [6.07, 6.45) is 6.13. The smallest absolute Gasteiger partial charge is 0.261 e. The molecule has 0 saturated heterocycles. The lowest BCUT2D eigenvalue weighted by atomic mass is 9.79. The van der Waals surface area contributed by atoms with E-state index in [4.69, 9.17) is 13.9 Å². The van der Waals surface area contributed by atoms with Crippen LogP contribution in [0, 0.1) is 0 Å². The molecule has 0 bridgehead atoms. The third kappa shape index (κ3) is 8.51. The summed E-state index contributed by atoms with van der Waals surface area (Å²) in [7, 11) is -2.95. The summed E-state index contributed by atoms with van der Waals surface area (Å²) in [5.74, 6) is 0. The minimum absolute atomic E-state index is 0.224. The van der Waals surface area contributed by atoms with Crippen LogP contribution in [0.15, 0.2) is 175 Å². The molecule has 0 fully saturated rings. The maximum atomic E-state index is 12.0. The van der Waals surface area contributed by atoms with E-state index in [9.17, 15) is 4.79 Å². The summed E-state index contributed by atoms with van der Waals surface area (Å²) in [6, 6.07) is 53.1. The number of allylic oxidation sites excluding steroid dienone is 2. The van der Waals surface area contributed by atoms with Crippen LogP contribution in [0.3, 0.4) is 0 Å². The molecule has 1 aliphatic heterocycles. The molecule has 5 aromatic carbocycles. The van der Waals surface area contributed by atoms with Crippen LogP contribution in [0.1, 0.15) is 70.6 Å². The Hall–Kier alpha value is -4.65. The first-order chi connectivity index (χ1) is 26.2. The van der Waals surface area contributed by atoms with E-state index in [0.29, 0.717) is 25.0 Å². The molecule has 0 N–H and O–H groups in total. The molecular weight excluding hydrogens is 681 g/mol. The number of hydrogen-bond donors (Lipinski definition) is 0. The summed E-state index contributed by atoms with van der Waals surface area (Å²) in [5.41, 5.74) is 4.02. The predicted molar refractivity (Wildman–Crippen MR) is 224 cm³/mol. The van der Waals surface area contributed by atoms with Crippen molar-refractivity contribution in [3.8, 4) is 0 Å². The van der Waals surface area contributed by atoms with E-state index in [2.05, 4.69) is 167 Å². The average Bonchev–Trinajstić information content (AvgIpc) is 3.26. The van der Waals surface area contributed by atoms with E-state index in [1.54, 1.807) is 0 Å². The van der Waals surface area contributed by atoms with Crippen molar-refractivity contribution < 1.29 is 18.7 Å². The monoisotopic (exact) mass is 734 g/mol. The highest BCUT2D eigenvalue weighted by atomic mass is 28.4. The summed E-state index contributed by atoms with van der Waals surface area (Å²) in [5, 5.41) is 2.20. The molecule has 278 valence electrons. The normalized spacial score (nSPS) is 19.8. The van der Waals surface area contributed by atoms with Gasteiger partial charge in [-0.15, -0.1) is 0 Å². The van der Waals surface area contributed by atoms with Crippen molar-refractivity contribution in [2.75, 3.05) is 6.61 Å². The molecule has 0 amide bonds. The zero-order valence-electron chi connectivity index (χ0n) is 32.4. The fourth-order valence-electron chi connectivity index (χ4n) is 8.07. The molecule has 54 heavy (non-hydrogen) atoms. The fraction of sp³-hybridized carbons (Fsp3) is 0.286. The van der Waals surface area contributed by atoms with E-state index < -0.39 is 26.1 Å². The van der Waals surface area contributed by atoms with Crippen LogP contribution in [0.4, 0.5) is 0 Å². The van der Waals surface area contributed by atoms with Crippen LogP contribution in [0.2, 0.25) is 5.04 Å². The van der Waals surface area contributed by atoms with Gasteiger partial charge in [-0.05, 0) is 76.9 Å². The first-order valence-corrected chi connectivity index (χ1v) is 21.1. The fourth-order valence-corrected chi connectivity index (χ4v) is 12.6. The largest absolute Gasteiger partial charge is 0.405 e. The zero-order chi connectivity index (χ0) is 38.0. The predicted octanol–water partition coefficient (Wildman–Crippen LogP) is 9.97. The molecule has 6 rings (SSSR count). The summed E-state index contributed by atoms with van der Waals surface area (Å²) in [4.78, 5) is 12.0. The van der Waals surface area contributed by atoms with E-state index in [1.165, 1.54) is 15.9 Å². The van der Waals surface area contributed by atoms with Gasteiger partial charge in [-0.3, -0.25) is 4.79 Å². The Labute approximate surface area is 323 Å². The molecule has 5 aromatic rings. The Balaban J connectivity index is 1.54. The maximum absolute atomic E-state index is 12.0. The number of aldehydes is 1. The van der Waals surface area contributed by atoms with Gasteiger partial charge < -0.3 is 13.9 Å². The van der Waals surface area contributed by atoms with Gasteiger partial charge >= 0.3 is 0 Å². The van der Waals surface area contributed by atoms with E-state index in [-0.39, 0.29) is 11.1 Å². The first-order valence-electron chi connectivity index (χ1n) is 19.2. The topological polar surface area (TPSA) is 44.8 Å². The van der Waals surface area contributed by atoms with Gasteiger partial charge in [0.05, 0.1) is 18.8 Å². The lowest BCUT2D eigenvalue weighted by molar-refractivity contribution is -0.145. The van der Waals surface area contributed by atoms with Gasteiger partial charge in [-0.2, -0.15) is 0 Å². The number of benzene rings is 5. The van der Waals surface area contributed by atoms with Crippen molar-refractivity contribution in [2.24, 2.45) is 0 Å². The van der Waals surface area contributed by atoms with Gasteiger partial charge in [0.2, 0.25) is 0 Å². The number of hydrogen-bond acceptors (Lipinski definition) is 4. The van der Waals surface area contributed by atoms with Crippen LogP contribution >= 0.6 is 0 Å². The first kappa shape index (κ1) is 39.1. The zero-order valence-corrected chi connectivity index (χ0v) is 33.4. The SMILES string of the molecule is C/C(C=O)=C\[C@H]1C/C(C)=C/CC[C@@H](OC(c2ccccc2)(c2ccccc2)c2ccccc2)[C@@H](CO[Si](c2ccccc2)(c2ccccc2)C(C)(C)C)O1. The molecule has 0 saturated carbocycles. The second kappa shape index (κ2) is 17.7. The number of carbonyl (C=O) groups is 1. The van der Waals surface area contributed by atoms with Crippen molar-refractivity contribution >= 4 is 25.0 Å². The molecule has 0 aromatic heterocycles. The number of ether oxygens (including phenoxy) is 2. The van der Waals surface area contributed by atoms with Crippen LogP contribution in [0.25, 0.3) is 0 Å². The Morgan fingerprint density at radius 3 is 1.59 bits per heavy atom. The number of rotatable bonds is 12. The summed E-state index contributed by atoms with van der Waals surface area (Å²) >= 11 is 0. The van der Waals surface area contributed by atoms with Gasteiger partial charge in [0, 0.05) is 0 Å². The Kier molecular flexibility index (Phi) is 12.8. The van der Waals surface area contributed by atoms with Gasteiger partial charge in [-0.1, -0.05) is 184 Å². The molecule has 0 spiro atoms. The van der Waals surface area contributed by atoms with Crippen molar-refractivity contribution in [1.29, 1.82) is 0 Å². The summed E-state index contributed by atoms with van der Waals surface area (Å²) in [6.45, 7) is 11.2. The van der Waals surface area contributed by atoms with Gasteiger partial charge in [-0.25, -0.2) is 0 Å². The van der Waals surface area contributed by atoms with Crippen LogP contribution in [-0.4, -0.2) is 39.5 Å². The summed E-state index contributed by atoms with van der Waals surface area (Å²) < 4.78 is 22.7. The highest BCUT2D eigenvalue weighted by molar-refractivity contribution is 6.99. The maximum Gasteiger partial charge on any atom is 0.261 e. The third-order valence-electron chi connectivity index (χ3n) is 10.6. The van der Waals surface area contributed by atoms with Crippen molar-refractivity contribution in [2.45, 2.75) is 82.8 Å². The van der Waals surface area contributed by atoms with Gasteiger partial charge in [0.1, 0.15) is 18.0 Å². The van der Waals surface area contributed by atoms with E-state index in [1.807, 2.05) is 31.2 Å². The average molecular weight is 735 g/mol. The van der Waals surface area contributed by atoms with Crippen LogP contribution < -0.4 is 10.4 Å². The van der Waals surface area contributed by atoms with Gasteiger partial charge in [0.15, 0.2) is 0 Å². The Morgan fingerprint density at radius 2 is 1.17 bits per heavy atom. The van der Waals surface area contributed by atoms with Crippen molar-refractivity contribution in [3.63, 3.8) is 0 Å². The van der Waals surface area contributed by atoms with E-state index in [0.717, 1.165) is 29.4 Å². The molecular formula is C49H54O4Si. The van der Waals surface area contributed by atoms with Crippen molar-refractivity contribution in [3.05, 3.63) is 192 Å². The third-order valence-corrected chi connectivity index (χ3v) is 15.6. The second-order valence-corrected chi connectivity index (χ2v) is 19.8.